The molecule has 5 rings (SSSR count). The van der Waals surface area contributed by atoms with Gasteiger partial charge in [0.05, 0.1) is 5.71 Å². The quantitative estimate of drug-likeness (QED) is 0.411. The Morgan fingerprint density at radius 3 is 2.81 bits per heavy atom. The summed E-state index contributed by atoms with van der Waals surface area (Å²) in [6, 6.07) is -0.488. The molecule has 0 radical (unpaired) electrons. The predicted octanol–water partition coefficient (Wildman–Crippen LogP) is 3.47. The van der Waals surface area contributed by atoms with Crippen LogP contribution in [0.2, 0.25) is 0 Å². The largest absolute Gasteiger partial charge is 0.385 e. The van der Waals surface area contributed by atoms with Gasteiger partial charge in [0, 0.05) is 12.0 Å². The highest BCUT2D eigenvalue weighted by Gasteiger charge is 2.63. The Hall–Kier alpha value is -2.33. The average Bonchev–Trinajstić information content (AvgIpc) is 2.98. The highest BCUT2D eigenvalue weighted by Crippen LogP contribution is 2.67. The Morgan fingerprint density at radius 2 is 2.00 bits per heavy atom. The van der Waals surface area contributed by atoms with Crippen LogP contribution in [0.4, 0.5) is 0 Å². The van der Waals surface area contributed by atoms with E-state index in [0.29, 0.717) is 30.7 Å². The summed E-state index contributed by atoms with van der Waals surface area (Å²) in [6.45, 7) is 5.13. The van der Waals surface area contributed by atoms with Gasteiger partial charge in [0.25, 0.3) is 5.91 Å². The molecule has 7 heteroatoms. The number of aliphatic hydroxyl groups is 1. The second-order valence-corrected chi connectivity index (χ2v) is 12.3. The van der Waals surface area contributed by atoms with Crippen molar-refractivity contribution in [3.63, 3.8) is 0 Å². The molecule has 7 atom stereocenters. The van der Waals surface area contributed by atoms with Crippen LogP contribution in [0.1, 0.15) is 84.5 Å². The fraction of sp³-hybridized carbons (Fsp3) is 0.759. The van der Waals surface area contributed by atoms with Crippen molar-refractivity contribution in [1.82, 2.24) is 10.6 Å². The smallest absolute Gasteiger partial charge is 0.261 e. The van der Waals surface area contributed by atoms with Crippen LogP contribution in [0, 0.1) is 40.9 Å². The van der Waals surface area contributed by atoms with Gasteiger partial charge in [-0.3, -0.25) is 9.59 Å². The molecule has 0 aromatic carbocycles. The van der Waals surface area contributed by atoms with Crippen LogP contribution in [0.5, 0.6) is 0 Å². The summed E-state index contributed by atoms with van der Waals surface area (Å²) in [5.41, 5.74) is 1.35. The molecule has 196 valence electrons. The third kappa shape index (κ3) is 4.16. The molecular weight excluding hydrogens is 454 g/mol. The van der Waals surface area contributed by atoms with Crippen LogP contribution < -0.4 is 10.6 Å². The van der Waals surface area contributed by atoms with Crippen LogP contribution in [-0.4, -0.2) is 47.4 Å². The van der Waals surface area contributed by atoms with E-state index < -0.39 is 11.6 Å². The van der Waals surface area contributed by atoms with E-state index in [9.17, 15) is 14.7 Å². The van der Waals surface area contributed by atoms with Crippen molar-refractivity contribution in [2.24, 2.45) is 33.7 Å². The SMILES string of the molecule is C#C[C@@]1(O)CC[C@H]2[C@@H]3CCC4=C/C(=N\OCC(=O)N[C@@H]5CCCCNC5=O)CC[C@]4(C)[C@H]3CC[C@@]21C. The first-order valence-electron chi connectivity index (χ1n) is 13.9. The zero-order valence-electron chi connectivity index (χ0n) is 21.8. The molecule has 3 saturated carbocycles. The lowest BCUT2D eigenvalue weighted by Crippen LogP contribution is -2.54. The molecular formula is C29H41N3O4. The Bertz CT molecular complexity index is 1010. The van der Waals surface area contributed by atoms with Gasteiger partial charge in [-0.1, -0.05) is 30.5 Å². The van der Waals surface area contributed by atoms with Gasteiger partial charge in [-0.15, -0.1) is 6.42 Å². The average molecular weight is 496 g/mol. The maximum Gasteiger partial charge on any atom is 0.261 e. The second-order valence-electron chi connectivity index (χ2n) is 12.3. The molecule has 36 heavy (non-hydrogen) atoms. The number of hydrogen-bond donors (Lipinski definition) is 3. The molecule has 1 heterocycles. The maximum absolute atomic E-state index is 12.3. The van der Waals surface area contributed by atoms with E-state index >= 15 is 0 Å². The number of terminal acetylenes is 1. The van der Waals surface area contributed by atoms with E-state index in [-0.39, 0.29) is 29.3 Å². The molecule has 5 aliphatic rings. The van der Waals surface area contributed by atoms with E-state index in [2.05, 4.69) is 41.6 Å². The zero-order valence-corrected chi connectivity index (χ0v) is 21.8. The van der Waals surface area contributed by atoms with E-state index in [1.54, 1.807) is 0 Å². The Morgan fingerprint density at radius 1 is 1.19 bits per heavy atom. The van der Waals surface area contributed by atoms with Crippen LogP contribution >= 0.6 is 0 Å². The molecule has 0 aromatic heterocycles. The number of rotatable bonds is 4. The molecule has 0 bridgehead atoms. The standard InChI is InChI=1S/C29H41N3O4/c1-4-29(35)15-12-23-21-9-8-19-17-20(10-13-27(19,2)22(21)11-14-28(23,29)3)32-36-18-25(33)31-24-7-5-6-16-30-26(24)34/h1,17,21-24,35H,5-16,18H2,2-3H3,(H,30,34)(H,31,33)/b32-20-/t21-,22+,23+,24-,27+,28+,29-/m1/s1. The summed E-state index contributed by atoms with van der Waals surface area (Å²) >= 11 is 0. The summed E-state index contributed by atoms with van der Waals surface area (Å²) < 4.78 is 0. The van der Waals surface area contributed by atoms with Crippen LogP contribution in [-0.2, 0) is 14.4 Å². The lowest BCUT2D eigenvalue weighted by atomic mass is 9.46. The topological polar surface area (TPSA) is 100 Å². The molecule has 3 N–H and O–H groups in total. The third-order valence-corrected chi connectivity index (χ3v) is 10.6. The van der Waals surface area contributed by atoms with Gasteiger partial charge >= 0.3 is 0 Å². The summed E-state index contributed by atoms with van der Waals surface area (Å²) in [4.78, 5) is 29.8. The molecule has 1 aliphatic heterocycles. The minimum atomic E-state index is -0.963. The number of fused-ring (bicyclic) bond motifs is 5. The summed E-state index contributed by atoms with van der Waals surface area (Å²) in [6.07, 6.45) is 18.4. The first-order chi connectivity index (χ1) is 17.2. The molecule has 0 aromatic rings. The van der Waals surface area contributed by atoms with E-state index in [4.69, 9.17) is 11.3 Å². The normalized spacial score (nSPS) is 43.1. The van der Waals surface area contributed by atoms with Crippen molar-refractivity contribution >= 4 is 17.5 Å². The molecule has 1 saturated heterocycles. The van der Waals surface area contributed by atoms with Gasteiger partial charge < -0.3 is 20.6 Å². The van der Waals surface area contributed by atoms with Gasteiger partial charge in [-0.05, 0) is 99.9 Å². The van der Waals surface area contributed by atoms with E-state index in [1.807, 2.05) is 0 Å². The monoisotopic (exact) mass is 495 g/mol. The first kappa shape index (κ1) is 25.3. The van der Waals surface area contributed by atoms with Gasteiger partial charge in [0.15, 0.2) is 6.61 Å². The van der Waals surface area contributed by atoms with Crippen LogP contribution in [0.3, 0.4) is 0 Å². The molecule has 0 unspecified atom stereocenters. The highest BCUT2D eigenvalue weighted by molar-refractivity contribution is 5.96. The third-order valence-electron chi connectivity index (χ3n) is 10.6. The fourth-order valence-corrected chi connectivity index (χ4v) is 8.38. The van der Waals surface area contributed by atoms with Gasteiger partial charge in [-0.2, -0.15) is 0 Å². The molecule has 7 nitrogen and oxygen atoms in total. The van der Waals surface area contributed by atoms with Crippen LogP contribution in [0.15, 0.2) is 16.8 Å². The van der Waals surface area contributed by atoms with Crippen LogP contribution in [0.25, 0.3) is 0 Å². The van der Waals surface area contributed by atoms with Crippen molar-refractivity contribution in [2.75, 3.05) is 13.2 Å². The molecule has 4 aliphatic carbocycles. The zero-order chi connectivity index (χ0) is 25.6. The maximum atomic E-state index is 12.3. The lowest BCUT2D eigenvalue weighted by Gasteiger charge is -2.58. The van der Waals surface area contributed by atoms with Crippen molar-refractivity contribution in [3.05, 3.63) is 11.6 Å². The Labute approximate surface area is 214 Å². The number of nitrogens with zero attached hydrogens (tertiary/aromatic N) is 1. The molecule has 4 fully saturated rings. The summed E-state index contributed by atoms with van der Waals surface area (Å²) in [5.74, 6) is 4.03. The lowest BCUT2D eigenvalue weighted by molar-refractivity contribution is -0.131. The minimum absolute atomic E-state index is 0.122. The molecule has 0 spiro atoms. The number of allylic oxidation sites excluding steroid dienone is 2. The van der Waals surface area contributed by atoms with Gasteiger partial charge in [0.1, 0.15) is 11.6 Å². The fourth-order valence-electron chi connectivity index (χ4n) is 8.38. The number of hydrogen-bond acceptors (Lipinski definition) is 5. The number of oxime groups is 1. The van der Waals surface area contributed by atoms with E-state index in [0.717, 1.165) is 69.9 Å². The summed E-state index contributed by atoms with van der Waals surface area (Å²) in [5, 5.41) is 21.1. The summed E-state index contributed by atoms with van der Waals surface area (Å²) in [7, 11) is 0. The van der Waals surface area contributed by atoms with Gasteiger partial charge in [-0.25, -0.2) is 0 Å². The van der Waals surface area contributed by atoms with Crippen molar-refractivity contribution < 1.29 is 19.5 Å². The number of carbonyl (C=O) groups excluding carboxylic acids is 2. The number of nitrogens with one attached hydrogen (secondary N) is 2. The predicted molar refractivity (Wildman–Crippen MR) is 138 cm³/mol. The number of amides is 2. The van der Waals surface area contributed by atoms with Gasteiger partial charge in [0.2, 0.25) is 5.91 Å². The Kier molecular flexibility index (Phi) is 6.70. The van der Waals surface area contributed by atoms with Crippen molar-refractivity contribution in [2.45, 2.75) is 96.1 Å². The molecule has 2 amide bonds. The second kappa shape index (κ2) is 9.52. The first-order valence-corrected chi connectivity index (χ1v) is 13.9. The van der Waals surface area contributed by atoms with E-state index in [1.165, 1.54) is 5.57 Å². The highest BCUT2D eigenvalue weighted by atomic mass is 16.6. The number of carbonyl (C=O) groups is 2. The minimum Gasteiger partial charge on any atom is -0.385 e. The van der Waals surface area contributed by atoms with Crippen molar-refractivity contribution in [1.29, 1.82) is 0 Å². The van der Waals surface area contributed by atoms with Crippen molar-refractivity contribution in [3.8, 4) is 12.3 Å². The Balaban J connectivity index is 1.21.